The Morgan fingerprint density at radius 3 is 2.81 bits per heavy atom. The number of fused-ring (bicyclic) bond motifs is 1. The summed E-state index contributed by atoms with van der Waals surface area (Å²) in [5.41, 5.74) is 10.2. The number of anilines is 1. The van der Waals surface area contributed by atoms with Crippen LogP contribution >= 0.6 is 0 Å². The van der Waals surface area contributed by atoms with Crippen molar-refractivity contribution >= 4 is 22.5 Å². The third-order valence-corrected chi connectivity index (χ3v) is 3.61. The van der Waals surface area contributed by atoms with Gasteiger partial charge in [-0.25, -0.2) is 0 Å². The molecule has 0 radical (unpaired) electrons. The van der Waals surface area contributed by atoms with Crippen LogP contribution in [0.5, 0.6) is 0 Å². The number of aryl methyl sites for hydroxylation is 1. The van der Waals surface area contributed by atoms with Gasteiger partial charge in [0, 0.05) is 29.5 Å². The largest absolute Gasteiger partial charge is 0.381 e. The molecule has 0 saturated carbocycles. The van der Waals surface area contributed by atoms with Crippen LogP contribution in [0, 0.1) is 6.92 Å². The van der Waals surface area contributed by atoms with Gasteiger partial charge in [-0.2, -0.15) is 0 Å². The summed E-state index contributed by atoms with van der Waals surface area (Å²) in [7, 11) is 0. The van der Waals surface area contributed by atoms with Crippen LogP contribution in [0.15, 0.2) is 48.7 Å². The molecule has 4 nitrogen and oxygen atoms in total. The Morgan fingerprint density at radius 2 is 2.05 bits per heavy atom. The molecule has 0 bridgehead atoms. The minimum absolute atomic E-state index is 0.400. The lowest BCUT2D eigenvalue weighted by Crippen LogP contribution is -2.11. The molecule has 106 valence electrons. The van der Waals surface area contributed by atoms with Crippen molar-refractivity contribution in [2.24, 2.45) is 5.73 Å². The van der Waals surface area contributed by atoms with Crippen LogP contribution in [0.3, 0.4) is 0 Å². The standard InChI is InChI=1S/C17H17N3O/c1-11-8-14(17(18)21)3-5-15(11)20-10-12-2-4-16-13(9-12)6-7-19-16/h2-9,19-20H,10H2,1H3,(H2,18,21). The van der Waals surface area contributed by atoms with Gasteiger partial charge in [0.05, 0.1) is 0 Å². The normalized spacial score (nSPS) is 10.7. The highest BCUT2D eigenvalue weighted by Gasteiger charge is 2.04. The Kier molecular flexibility index (Phi) is 3.36. The van der Waals surface area contributed by atoms with Gasteiger partial charge >= 0.3 is 0 Å². The first kappa shape index (κ1) is 13.2. The molecule has 0 saturated heterocycles. The lowest BCUT2D eigenvalue weighted by atomic mass is 10.1. The molecular weight excluding hydrogens is 262 g/mol. The van der Waals surface area contributed by atoms with Crippen molar-refractivity contribution in [3.05, 3.63) is 65.4 Å². The second-order valence-electron chi connectivity index (χ2n) is 5.15. The number of aromatic amines is 1. The van der Waals surface area contributed by atoms with E-state index < -0.39 is 5.91 Å². The van der Waals surface area contributed by atoms with E-state index in [2.05, 4.69) is 34.6 Å². The molecule has 4 heteroatoms. The van der Waals surface area contributed by atoms with E-state index in [1.807, 2.05) is 19.2 Å². The molecule has 0 aliphatic carbocycles. The van der Waals surface area contributed by atoms with E-state index in [4.69, 9.17) is 5.73 Å². The van der Waals surface area contributed by atoms with Gasteiger partial charge in [0.2, 0.25) is 5.91 Å². The maximum Gasteiger partial charge on any atom is 0.248 e. The monoisotopic (exact) mass is 279 g/mol. The highest BCUT2D eigenvalue weighted by molar-refractivity contribution is 5.93. The maximum absolute atomic E-state index is 11.1. The predicted molar refractivity (Wildman–Crippen MR) is 85.3 cm³/mol. The number of hydrogen-bond acceptors (Lipinski definition) is 2. The van der Waals surface area contributed by atoms with E-state index in [0.29, 0.717) is 5.56 Å². The number of rotatable bonds is 4. The van der Waals surface area contributed by atoms with Crippen molar-refractivity contribution in [3.8, 4) is 0 Å². The number of carbonyl (C=O) groups excluding carboxylic acids is 1. The molecule has 2 aromatic carbocycles. The first-order valence-corrected chi connectivity index (χ1v) is 6.84. The van der Waals surface area contributed by atoms with Crippen LogP contribution in [0.1, 0.15) is 21.5 Å². The molecule has 3 rings (SSSR count). The third-order valence-electron chi connectivity index (χ3n) is 3.61. The fourth-order valence-electron chi connectivity index (χ4n) is 2.43. The van der Waals surface area contributed by atoms with Gasteiger partial charge in [-0.05, 0) is 59.8 Å². The summed E-state index contributed by atoms with van der Waals surface area (Å²) < 4.78 is 0. The van der Waals surface area contributed by atoms with Gasteiger partial charge in [-0.15, -0.1) is 0 Å². The fourth-order valence-corrected chi connectivity index (χ4v) is 2.43. The number of benzene rings is 2. The van der Waals surface area contributed by atoms with E-state index in [9.17, 15) is 4.79 Å². The van der Waals surface area contributed by atoms with Crippen LogP contribution in [0.25, 0.3) is 10.9 Å². The number of amides is 1. The number of nitrogens with one attached hydrogen (secondary N) is 2. The van der Waals surface area contributed by atoms with Gasteiger partial charge in [-0.1, -0.05) is 6.07 Å². The maximum atomic E-state index is 11.1. The average molecular weight is 279 g/mol. The van der Waals surface area contributed by atoms with Crippen LogP contribution in [0.4, 0.5) is 5.69 Å². The minimum Gasteiger partial charge on any atom is -0.381 e. The topological polar surface area (TPSA) is 70.9 Å². The zero-order valence-corrected chi connectivity index (χ0v) is 11.8. The lowest BCUT2D eigenvalue weighted by Gasteiger charge is -2.10. The van der Waals surface area contributed by atoms with E-state index in [1.165, 1.54) is 10.9 Å². The van der Waals surface area contributed by atoms with Gasteiger partial charge in [0.15, 0.2) is 0 Å². The Balaban J connectivity index is 1.76. The number of primary amides is 1. The summed E-state index contributed by atoms with van der Waals surface area (Å²) in [6.45, 7) is 2.70. The molecule has 3 aromatic rings. The van der Waals surface area contributed by atoms with Crippen LogP contribution in [0.2, 0.25) is 0 Å². The average Bonchev–Trinajstić information content (AvgIpc) is 2.93. The Labute approximate surface area is 123 Å². The first-order chi connectivity index (χ1) is 10.1. The number of H-pyrrole nitrogens is 1. The Morgan fingerprint density at radius 1 is 1.19 bits per heavy atom. The first-order valence-electron chi connectivity index (χ1n) is 6.84. The fraction of sp³-hybridized carbons (Fsp3) is 0.118. The van der Waals surface area contributed by atoms with Gasteiger partial charge < -0.3 is 16.0 Å². The number of hydrogen-bond donors (Lipinski definition) is 3. The van der Waals surface area contributed by atoms with Crippen molar-refractivity contribution < 1.29 is 4.79 Å². The molecule has 0 aliphatic heterocycles. The highest BCUT2D eigenvalue weighted by atomic mass is 16.1. The van der Waals surface area contributed by atoms with E-state index in [-0.39, 0.29) is 0 Å². The Bertz CT molecular complexity index is 805. The number of carbonyl (C=O) groups is 1. The van der Waals surface area contributed by atoms with Crippen molar-refractivity contribution in [1.82, 2.24) is 4.98 Å². The molecule has 21 heavy (non-hydrogen) atoms. The van der Waals surface area contributed by atoms with Gasteiger partial charge in [-0.3, -0.25) is 4.79 Å². The van der Waals surface area contributed by atoms with E-state index in [1.54, 1.807) is 12.1 Å². The van der Waals surface area contributed by atoms with Crippen LogP contribution < -0.4 is 11.1 Å². The molecule has 0 spiro atoms. The SMILES string of the molecule is Cc1cc(C(N)=O)ccc1NCc1ccc2[nH]ccc2c1. The van der Waals surface area contributed by atoms with Crippen molar-refractivity contribution in [2.75, 3.05) is 5.32 Å². The zero-order valence-electron chi connectivity index (χ0n) is 11.8. The molecule has 0 unspecified atom stereocenters. The van der Waals surface area contributed by atoms with Crippen molar-refractivity contribution in [2.45, 2.75) is 13.5 Å². The second kappa shape index (κ2) is 5.32. The molecular formula is C17H17N3O. The molecule has 1 aromatic heterocycles. The number of nitrogens with two attached hydrogens (primary N) is 1. The molecule has 0 atom stereocenters. The predicted octanol–water partition coefficient (Wildman–Crippen LogP) is 3.19. The van der Waals surface area contributed by atoms with E-state index >= 15 is 0 Å². The van der Waals surface area contributed by atoms with Crippen LogP contribution in [-0.4, -0.2) is 10.9 Å². The van der Waals surface area contributed by atoms with Crippen LogP contribution in [-0.2, 0) is 6.54 Å². The summed E-state index contributed by atoms with van der Waals surface area (Å²) in [4.78, 5) is 14.3. The van der Waals surface area contributed by atoms with Gasteiger partial charge in [0.1, 0.15) is 0 Å². The molecule has 0 fully saturated rings. The lowest BCUT2D eigenvalue weighted by molar-refractivity contribution is 0.1000. The zero-order chi connectivity index (χ0) is 14.8. The minimum atomic E-state index is -0.400. The molecule has 0 aliphatic rings. The van der Waals surface area contributed by atoms with Crippen molar-refractivity contribution in [1.29, 1.82) is 0 Å². The molecule has 4 N–H and O–H groups in total. The highest BCUT2D eigenvalue weighted by Crippen LogP contribution is 2.19. The Hall–Kier alpha value is -2.75. The molecule has 1 amide bonds. The summed E-state index contributed by atoms with van der Waals surface area (Å²) in [6, 6.07) is 13.8. The summed E-state index contributed by atoms with van der Waals surface area (Å²) in [5, 5.41) is 4.59. The van der Waals surface area contributed by atoms with E-state index in [0.717, 1.165) is 23.3 Å². The quantitative estimate of drug-likeness (QED) is 0.686. The van der Waals surface area contributed by atoms with Gasteiger partial charge in [0.25, 0.3) is 0 Å². The second-order valence-corrected chi connectivity index (χ2v) is 5.15. The molecule has 1 heterocycles. The summed E-state index contributed by atoms with van der Waals surface area (Å²) in [5.74, 6) is -0.400. The van der Waals surface area contributed by atoms with Crippen molar-refractivity contribution in [3.63, 3.8) is 0 Å². The summed E-state index contributed by atoms with van der Waals surface area (Å²) in [6.07, 6.45) is 1.94. The summed E-state index contributed by atoms with van der Waals surface area (Å²) >= 11 is 0. The third kappa shape index (κ3) is 2.74. The number of aromatic nitrogens is 1. The smallest absolute Gasteiger partial charge is 0.248 e.